The summed E-state index contributed by atoms with van der Waals surface area (Å²) in [6.45, 7) is 7.09. The van der Waals surface area contributed by atoms with Crippen molar-refractivity contribution < 1.29 is 13.9 Å². The number of hydrogen-bond acceptors (Lipinski definition) is 5. The molecular formula is C16H25N3O3. The number of rotatable bonds is 4. The van der Waals surface area contributed by atoms with Crippen molar-refractivity contribution in [3.05, 3.63) is 17.3 Å². The highest BCUT2D eigenvalue weighted by Crippen LogP contribution is 2.22. The zero-order chi connectivity index (χ0) is 15.5. The van der Waals surface area contributed by atoms with E-state index in [4.69, 9.17) is 9.15 Å². The summed E-state index contributed by atoms with van der Waals surface area (Å²) in [5, 5.41) is 0. The Hall–Kier alpha value is -1.40. The summed E-state index contributed by atoms with van der Waals surface area (Å²) >= 11 is 0. The predicted octanol–water partition coefficient (Wildman–Crippen LogP) is 1.55. The second kappa shape index (κ2) is 6.79. The van der Waals surface area contributed by atoms with Gasteiger partial charge in [0, 0.05) is 46.3 Å². The molecule has 0 bridgehead atoms. The SMILES string of the molecule is COCCN1CCc2oc(C(=O)N3CCC[C@@H](C)C3)nc2C1. The molecule has 6 nitrogen and oxygen atoms in total. The molecule has 2 aliphatic rings. The highest BCUT2D eigenvalue weighted by molar-refractivity contribution is 5.89. The number of ether oxygens (including phenoxy) is 1. The van der Waals surface area contributed by atoms with Gasteiger partial charge in [0.2, 0.25) is 0 Å². The molecule has 3 heterocycles. The Morgan fingerprint density at radius 3 is 3.09 bits per heavy atom. The monoisotopic (exact) mass is 307 g/mol. The topological polar surface area (TPSA) is 58.8 Å². The number of oxazole rings is 1. The van der Waals surface area contributed by atoms with Gasteiger partial charge >= 0.3 is 5.91 Å². The van der Waals surface area contributed by atoms with Gasteiger partial charge in [0.25, 0.3) is 5.89 Å². The lowest BCUT2D eigenvalue weighted by Crippen LogP contribution is -2.39. The van der Waals surface area contributed by atoms with Crippen LogP contribution in [0, 0.1) is 5.92 Å². The molecule has 0 N–H and O–H groups in total. The molecule has 0 radical (unpaired) electrons. The van der Waals surface area contributed by atoms with E-state index in [2.05, 4.69) is 16.8 Å². The van der Waals surface area contributed by atoms with Gasteiger partial charge in [-0.05, 0) is 18.8 Å². The third-order valence-corrected chi connectivity index (χ3v) is 4.55. The van der Waals surface area contributed by atoms with Crippen molar-refractivity contribution in [2.45, 2.75) is 32.7 Å². The van der Waals surface area contributed by atoms with Crippen LogP contribution in [0.15, 0.2) is 4.42 Å². The maximum Gasteiger partial charge on any atom is 0.309 e. The number of aromatic nitrogens is 1. The second-order valence-corrected chi connectivity index (χ2v) is 6.41. The van der Waals surface area contributed by atoms with Crippen LogP contribution in [0.3, 0.4) is 0 Å². The smallest absolute Gasteiger partial charge is 0.309 e. The maximum atomic E-state index is 12.6. The van der Waals surface area contributed by atoms with Gasteiger partial charge in [0.15, 0.2) is 0 Å². The zero-order valence-corrected chi connectivity index (χ0v) is 13.5. The first kappa shape index (κ1) is 15.5. The van der Waals surface area contributed by atoms with Crippen molar-refractivity contribution in [2.75, 3.05) is 39.9 Å². The molecule has 0 saturated carbocycles. The van der Waals surface area contributed by atoms with Gasteiger partial charge in [-0.2, -0.15) is 0 Å². The summed E-state index contributed by atoms with van der Waals surface area (Å²) in [7, 11) is 1.71. The van der Waals surface area contributed by atoms with Crippen LogP contribution in [0.1, 0.15) is 41.9 Å². The van der Waals surface area contributed by atoms with Crippen LogP contribution in [-0.2, 0) is 17.7 Å². The molecule has 1 saturated heterocycles. The van der Waals surface area contributed by atoms with E-state index < -0.39 is 0 Å². The fourth-order valence-electron chi connectivity index (χ4n) is 3.26. The lowest BCUT2D eigenvalue weighted by atomic mass is 10.0. The summed E-state index contributed by atoms with van der Waals surface area (Å²) in [6.07, 6.45) is 3.08. The molecule has 1 amide bonds. The fraction of sp³-hybridized carbons (Fsp3) is 0.750. The van der Waals surface area contributed by atoms with Gasteiger partial charge < -0.3 is 14.1 Å². The minimum Gasteiger partial charge on any atom is -0.437 e. The van der Waals surface area contributed by atoms with E-state index in [1.54, 1.807) is 7.11 Å². The van der Waals surface area contributed by atoms with Crippen molar-refractivity contribution in [1.82, 2.24) is 14.8 Å². The largest absolute Gasteiger partial charge is 0.437 e. The van der Waals surface area contributed by atoms with Crippen molar-refractivity contribution in [3.63, 3.8) is 0 Å². The molecule has 0 unspecified atom stereocenters. The van der Waals surface area contributed by atoms with E-state index in [-0.39, 0.29) is 11.8 Å². The predicted molar refractivity (Wildman–Crippen MR) is 81.7 cm³/mol. The molecule has 0 aliphatic carbocycles. The molecule has 0 aromatic carbocycles. The number of nitrogens with zero attached hydrogens (tertiary/aromatic N) is 3. The van der Waals surface area contributed by atoms with Gasteiger partial charge in [-0.1, -0.05) is 6.92 Å². The number of carbonyl (C=O) groups is 1. The molecule has 0 spiro atoms. The third-order valence-electron chi connectivity index (χ3n) is 4.55. The molecule has 122 valence electrons. The Bertz CT molecular complexity index is 529. The number of carbonyl (C=O) groups excluding carboxylic acids is 1. The van der Waals surface area contributed by atoms with Crippen LogP contribution >= 0.6 is 0 Å². The Morgan fingerprint density at radius 2 is 2.32 bits per heavy atom. The standard InChI is InChI=1S/C16H25N3O3/c1-12-4-3-6-19(10-12)16(20)15-17-13-11-18(8-9-21-2)7-5-14(13)22-15/h12H,3-11H2,1-2H3/t12-/m1/s1. The Balaban J connectivity index is 1.67. The second-order valence-electron chi connectivity index (χ2n) is 6.41. The first-order valence-corrected chi connectivity index (χ1v) is 8.16. The summed E-state index contributed by atoms with van der Waals surface area (Å²) < 4.78 is 10.9. The van der Waals surface area contributed by atoms with Crippen molar-refractivity contribution in [2.24, 2.45) is 5.92 Å². The third kappa shape index (κ3) is 3.33. The van der Waals surface area contributed by atoms with Crippen LogP contribution in [0.5, 0.6) is 0 Å². The average Bonchev–Trinajstić information content (AvgIpc) is 2.95. The molecule has 1 aromatic heterocycles. The number of amides is 1. The number of piperidine rings is 1. The van der Waals surface area contributed by atoms with E-state index in [0.717, 1.165) is 57.0 Å². The molecular weight excluding hydrogens is 282 g/mol. The first-order chi connectivity index (χ1) is 10.7. The number of fused-ring (bicyclic) bond motifs is 1. The van der Waals surface area contributed by atoms with Crippen LogP contribution in [0.25, 0.3) is 0 Å². The van der Waals surface area contributed by atoms with Gasteiger partial charge in [-0.25, -0.2) is 4.98 Å². The Kier molecular flexibility index (Phi) is 4.78. The first-order valence-electron chi connectivity index (χ1n) is 8.16. The van der Waals surface area contributed by atoms with E-state index in [1.165, 1.54) is 6.42 Å². The summed E-state index contributed by atoms with van der Waals surface area (Å²) in [4.78, 5) is 21.2. The van der Waals surface area contributed by atoms with E-state index >= 15 is 0 Å². The van der Waals surface area contributed by atoms with Crippen LogP contribution in [0.2, 0.25) is 0 Å². The minimum atomic E-state index is -0.0515. The van der Waals surface area contributed by atoms with Crippen molar-refractivity contribution in [1.29, 1.82) is 0 Å². The Morgan fingerprint density at radius 1 is 1.45 bits per heavy atom. The molecule has 2 aliphatic heterocycles. The lowest BCUT2D eigenvalue weighted by Gasteiger charge is -2.29. The molecule has 1 fully saturated rings. The van der Waals surface area contributed by atoms with Gasteiger partial charge in [0.05, 0.1) is 12.3 Å². The van der Waals surface area contributed by atoms with Crippen molar-refractivity contribution >= 4 is 5.91 Å². The number of likely N-dealkylation sites (tertiary alicyclic amines) is 1. The summed E-state index contributed by atoms with van der Waals surface area (Å²) in [5.41, 5.74) is 0.913. The van der Waals surface area contributed by atoms with E-state index in [9.17, 15) is 4.79 Å². The van der Waals surface area contributed by atoms with Gasteiger partial charge in [-0.3, -0.25) is 9.69 Å². The van der Waals surface area contributed by atoms with Gasteiger partial charge in [-0.15, -0.1) is 0 Å². The highest BCUT2D eigenvalue weighted by atomic mass is 16.5. The summed E-state index contributed by atoms with van der Waals surface area (Å²) in [5.74, 6) is 1.66. The van der Waals surface area contributed by atoms with E-state index in [0.29, 0.717) is 12.5 Å². The Labute approximate surface area is 131 Å². The molecule has 1 atom stereocenters. The molecule has 6 heteroatoms. The summed E-state index contributed by atoms with van der Waals surface area (Å²) in [6, 6.07) is 0. The van der Waals surface area contributed by atoms with Crippen molar-refractivity contribution in [3.8, 4) is 0 Å². The average molecular weight is 307 g/mol. The van der Waals surface area contributed by atoms with Gasteiger partial charge in [0.1, 0.15) is 5.76 Å². The quantitative estimate of drug-likeness (QED) is 0.845. The molecule has 1 aromatic rings. The molecule has 22 heavy (non-hydrogen) atoms. The zero-order valence-electron chi connectivity index (χ0n) is 13.5. The normalized spacial score (nSPS) is 22.6. The lowest BCUT2D eigenvalue weighted by molar-refractivity contribution is 0.0640. The van der Waals surface area contributed by atoms with Crippen LogP contribution in [-0.4, -0.2) is 60.6 Å². The van der Waals surface area contributed by atoms with E-state index in [1.807, 2.05) is 4.90 Å². The maximum absolute atomic E-state index is 12.6. The minimum absolute atomic E-state index is 0.0515. The number of methoxy groups -OCH3 is 1. The number of hydrogen-bond donors (Lipinski definition) is 0. The van der Waals surface area contributed by atoms with Crippen LogP contribution in [0.4, 0.5) is 0 Å². The fourth-order valence-corrected chi connectivity index (χ4v) is 3.26. The highest BCUT2D eigenvalue weighted by Gasteiger charge is 2.29. The van der Waals surface area contributed by atoms with Crippen LogP contribution < -0.4 is 0 Å². The molecule has 3 rings (SSSR count).